The fourth-order valence-corrected chi connectivity index (χ4v) is 5.25. The van der Waals surface area contributed by atoms with Gasteiger partial charge in [-0.25, -0.2) is 0 Å². The van der Waals surface area contributed by atoms with Crippen molar-refractivity contribution >= 4 is 51.1 Å². The van der Waals surface area contributed by atoms with E-state index in [2.05, 4.69) is 4.98 Å². The summed E-state index contributed by atoms with van der Waals surface area (Å²) in [4.78, 5) is 18.2. The van der Waals surface area contributed by atoms with E-state index >= 15 is 0 Å². The van der Waals surface area contributed by atoms with E-state index in [1.807, 2.05) is 20.8 Å². The normalized spacial score (nSPS) is 18.8. The van der Waals surface area contributed by atoms with Crippen molar-refractivity contribution in [1.29, 1.82) is 0 Å². The van der Waals surface area contributed by atoms with E-state index < -0.39 is 27.1 Å². The van der Waals surface area contributed by atoms with Crippen molar-refractivity contribution in [1.82, 2.24) is 4.98 Å². The lowest BCUT2D eigenvalue weighted by Crippen LogP contribution is -2.50. The molecule has 2 heterocycles. The third-order valence-electron chi connectivity index (χ3n) is 4.02. The molecule has 1 atom stereocenters. The van der Waals surface area contributed by atoms with Gasteiger partial charge in [-0.3, -0.25) is 14.0 Å². The van der Waals surface area contributed by atoms with Crippen molar-refractivity contribution in [3.05, 3.63) is 18.2 Å². The summed E-state index contributed by atoms with van der Waals surface area (Å²) in [5, 5.41) is 0. The fraction of sp³-hybridized carbons (Fsp3) is 0.529. The number of hydrogen-bond donors (Lipinski definition) is 0. The molecule has 0 bridgehead atoms. The van der Waals surface area contributed by atoms with Crippen LogP contribution in [-0.2, 0) is 25.1 Å². The highest BCUT2D eigenvalue weighted by molar-refractivity contribution is 7.87. The van der Waals surface area contributed by atoms with Crippen LogP contribution >= 0.6 is 11.3 Å². The molecule has 25 heavy (non-hydrogen) atoms. The van der Waals surface area contributed by atoms with Gasteiger partial charge in [-0.1, -0.05) is 0 Å². The van der Waals surface area contributed by atoms with E-state index in [1.165, 1.54) is 11.3 Å². The number of hydrogen-bond acceptors (Lipinski definition) is 6. The van der Waals surface area contributed by atoms with Gasteiger partial charge in [0.15, 0.2) is 12.6 Å². The van der Waals surface area contributed by atoms with Gasteiger partial charge in [0.05, 0.1) is 21.0 Å². The molecule has 1 aliphatic rings. The van der Waals surface area contributed by atoms with Gasteiger partial charge in [0.25, 0.3) is 0 Å². The van der Waals surface area contributed by atoms with Crippen LogP contribution in [-0.4, -0.2) is 46.6 Å². The molecule has 0 spiro atoms. The highest BCUT2D eigenvalue weighted by atomic mass is 32.2. The number of thiazole rings is 1. The predicted molar refractivity (Wildman–Crippen MR) is 100 cm³/mol. The Morgan fingerprint density at radius 2 is 2.04 bits per heavy atom. The third kappa shape index (κ3) is 3.81. The second-order valence-electron chi connectivity index (χ2n) is 7.06. The van der Waals surface area contributed by atoms with Crippen molar-refractivity contribution in [2.24, 2.45) is 0 Å². The maximum absolute atomic E-state index is 13.4. The van der Waals surface area contributed by atoms with Crippen molar-refractivity contribution < 1.29 is 18.5 Å². The Morgan fingerprint density at radius 3 is 2.68 bits per heavy atom. The molecule has 1 unspecified atom stereocenters. The molecule has 0 amide bonds. The van der Waals surface area contributed by atoms with E-state index in [4.69, 9.17) is 17.3 Å². The number of carbonyl (C=O) groups is 1. The maximum atomic E-state index is 13.4. The van der Waals surface area contributed by atoms with Crippen molar-refractivity contribution in [3.63, 3.8) is 0 Å². The van der Waals surface area contributed by atoms with Crippen LogP contribution < -0.4 is 4.91 Å². The number of benzene rings is 1. The lowest BCUT2D eigenvalue weighted by Gasteiger charge is -2.36. The average Bonchev–Trinajstić information content (AvgIpc) is 2.92. The minimum absolute atomic E-state index is 0.372. The molecule has 0 aliphatic carbocycles. The van der Waals surface area contributed by atoms with Gasteiger partial charge < -0.3 is 9.47 Å². The topological polar surface area (TPSA) is 65.5 Å². The molecular formula is C17H20BNO4S2. The standard InChI is InChI=1S/C17H20BNO4S2/c1-16(2,3)23-14(20)17(6-8-22-9-7-17)25(21)11-4-5-12-13(10-11)24-15(18)19-12/h4-5,10H,6-9H2,1-3H3. The van der Waals surface area contributed by atoms with Crippen LogP contribution in [0.1, 0.15) is 33.6 Å². The number of ether oxygens (including phenoxy) is 2. The molecule has 0 saturated carbocycles. The van der Waals surface area contributed by atoms with Crippen LogP contribution in [0.5, 0.6) is 0 Å². The Balaban J connectivity index is 1.99. The molecule has 1 aromatic heterocycles. The highest BCUT2D eigenvalue weighted by Gasteiger charge is 2.49. The fourth-order valence-electron chi connectivity index (χ4n) is 2.80. The van der Waals surface area contributed by atoms with Gasteiger partial charge in [-0.15, -0.1) is 11.3 Å². The molecule has 1 aromatic carbocycles. The number of aromatic nitrogens is 1. The molecule has 1 saturated heterocycles. The zero-order valence-corrected chi connectivity index (χ0v) is 16.2. The molecule has 2 radical (unpaired) electrons. The molecule has 1 aliphatic heterocycles. The van der Waals surface area contributed by atoms with Crippen LogP contribution in [0.3, 0.4) is 0 Å². The molecule has 5 nitrogen and oxygen atoms in total. The van der Waals surface area contributed by atoms with E-state index in [9.17, 15) is 9.00 Å². The summed E-state index contributed by atoms with van der Waals surface area (Å²) in [5.74, 6) is -0.425. The highest BCUT2D eigenvalue weighted by Crippen LogP contribution is 2.35. The monoisotopic (exact) mass is 377 g/mol. The van der Waals surface area contributed by atoms with E-state index in [-0.39, 0.29) is 0 Å². The van der Waals surface area contributed by atoms with E-state index in [0.717, 1.165) is 10.2 Å². The number of carbonyl (C=O) groups excluding carboxylic acids is 1. The van der Waals surface area contributed by atoms with Crippen LogP contribution in [0.2, 0.25) is 0 Å². The van der Waals surface area contributed by atoms with Crippen molar-refractivity contribution in [2.45, 2.75) is 48.9 Å². The summed E-state index contributed by atoms with van der Waals surface area (Å²) in [6.45, 7) is 6.22. The summed E-state index contributed by atoms with van der Waals surface area (Å²) in [7, 11) is 4.19. The molecule has 3 rings (SSSR count). The Bertz CT molecular complexity index is 822. The second-order valence-corrected chi connectivity index (χ2v) is 9.91. The lowest BCUT2D eigenvalue weighted by molar-refractivity contribution is -0.160. The number of fused-ring (bicyclic) bond motifs is 1. The molecule has 8 heteroatoms. The maximum Gasteiger partial charge on any atom is 0.325 e. The third-order valence-corrected chi connectivity index (χ3v) is 6.83. The van der Waals surface area contributed by atoms with E-state index in [1.54, 1.807) is 18.2 Å². The Kier molecular flexibility index (Phi) is 5.05. The molecule has 0 N–H and O–H groups in total. The van der Waals surface area contributed by atoms with Gasteiger partial charge in [0.2, 0.25) is 0 Å². The predicted octanol–water partition coefficient (Wildman–Crippen LogP) is 2.09. The quantitative estimate of drug-likeness (QED) is 0.605. The van der Waals surface area contributed by atoms with Crippen molar-refractivity contribution in [2.75, 3.05) is 13.2 Å². The average molecular weight is 377 g/mol. The summed E-state index contributed by atoms with van der Waals surface area (Å²) in [6.07, 6.45) is 0.745. The Labute approximate surface area is 155 Å². The van der Waals surface area contributed by atoms with Crippen LogP contribution in [0.25, 0.3) is 10.2 Å². The molecule has 1 fully saturated rings. The van der Waals surface area contributed by atoms with Gasteiger partial charge in [-0.05, 0) is 51.8 Å². The Hall–Kier alpha value is -1.25. The van der Waals surface area contributed by atoms with Crippen LogP contribution in [0.4, 0.5) is 0 Å². The zero-order chi connectivity index (χ0) is 18.2. The smallest absolute Gasteiger partial charge is 0.325 e. The largest absolute Gasteiger partial charge is 0.459 e. The first-order chi connectivity index (χ1) is 11.7. The van der Waals surface area contributed by atoms with Gasteiger partial charge in [0.1, 0.15) is 5.60 Å². The lowest BCUT2D eigenvalue weighted by atomic mass is 9.99. The molecule has 132 valence electrons. The number of esters is 1. The minimum atomic E-state index is -1.56. The first kappa shape index (κ1) is 18.5. The summed E-state index contributed by atoms with van der Waals surface area (Å²) in [6, 6.07) is 5.35. The van der Waals surface area contributed by atoms with Gasteiger partial charge in [-0.2, -0.15) is 0 Å². The second kappa shape index (κ2) is 6.81. The molecule has 2 aromatic rings. The number of rotatable bonds is 3. The van der Waals surface area contributed by atoms with Gasteiger partial charge in [0, 0.05) is 23.0 Å². The number of nitrogens with zero attached hydrogens (tertiary/aromatic N) is 1. The first-order valence-corrected chi connectivity index (χ1v) is 10.1. The van der Waals surface area contributed by atoms with E-state index in [0.29, 0.717) is 35.9 Å². The summed E-state index contributed by atoms with van der Waals surface area (Å²) < 4.78 is 24.2. The SMILES string of the molecule is [B]c1nc2ccc(S(=O)C3(C(=O)OC(C)(C)C)CCOCC3)cc2s1. The Morgan fingerprint density at radius 1 is 1.36 bits per heavy atom. The van der Waals surface area contributed by atoms with Crippen LogP contribution in [0.15, 0.2) is 23.1 Å². The first-order valence-electron chi connectivity index (χ1n) is 8.10. The van der Waals surface area contributed by atoms with Crippen LogP contribution in [0, 0.1) is 0 Å². The van der Waals surface area contributed by atoms with Crippen molar-refractivity contribution in [3.8, 4) is 0 Å². The minimum Gasteiger partial charge on any atom is -0.459 e. The summed E-state index contributed by atoms with van der Waals surface area (Å²) >= 11 is 1.34. The summed E-state index contributed by atoms with van der Waals surface area (Å²) in [5.41, 5.74) is 0.129. The zero-order valence-electron chi connectivity index (χ0n) is 14.5. The van der Waals surface area contributed by atoms with Gasteiger partial charge >= 0.3 is 5.97 Å². The molecular weight excluding hydrogens is 357 g/mol.